The van der Waals surface area contributed by atoms with Crippen LogP contribution in [0.2, 0.25) is 0 Å². The first-order valence-corrected chi connectivity index (χ1v) is 6.89. The highest BCUT2D eigenvalue weighted by Crippen LogP contribution is 2.15. The van der Waals surface area contributed by atoms with Crippen LogP contribution in [0.1, 0.15) is 34.8 Å². The second-order valence-corrected chi connectivity index (χ2v) is 4.56. The van der Waals surface area contributed by atoms with Crippen LogP contribution in [0.25, 0.3) is 20.9 Å². The summed E-state index contributed by atoms with van der Waals surface area (Å²) in [5.74, 6) is -2.60. The minimum atomic E-state index is -1.06. The fourth-order valence-corrected chi connectivity index (χ4v) is 1.86. The molecule has 0 heterocycles. The van der Waals surface area contributed by atoms with E-state index in [0.717, 1.165) is 0 Å². The third-order valence-corrected chi connectivity index (χ3v) is 2.83. The highest BCUT2D eigenvalue weighted by atomic mass is 16.5. The summed E-state index contributed by atoms with van der Waals surface area (Å²) in [5.41, 5.74) is 17.9. The van der Waals surface area contributed by atoms with Gasteiger partial charge in [0.1, 0.15) is 0 Å². The first-order chi connectivity index (χ1) is 11.5. The first kappa shape index (κ1) is 18.7. The maximum Gasteiger partial charge on any atom is 0.375 e. The van der Waals surface area contributed by atoms with Gasteiger partial charge >= 0.3 is 5.97 Å². The molecule has 1 aromatic rings. The van der Waals surface area contributed by atoms with E-state index in [1.54, 1.807) is 13.0 Å². The lowest BCUT2D eigenvalue weighted by Crippen LogP contribution is -2.20. The Morgan fingerprint density at radius 2 is 1.58 bits per heavy atom. The molecule has 0 bridgehead atoms. The smallest absolute Gasteiger partial charge is 0.375 e. The van der Waals surface area contributed by atoms with E-state index in [0.29, 0.717) is 11.1 Å². The van der Waals surface area contributed by atoms with Gasteiger partial charge < -0.3 is 4.74 Å². The lowest BCUT2D eigenvalue weighted by Gasteiger charge is -2.06. The number of carbonyl (C=O) groups is 3. The van der Waals surface area contributed by atoms with E-state index in [2.05, 4.69) is 24.8 Å². The maximum atomic E-state index is 12.2. The van der Waals surface area contributed by atoms with Crippen molar-refractivity contribution in [3.8, 4) is 0 Å². The van der Waals surface area contributed by atoms with Gasteiger partial charge in [0.25, 0.3) is 0 Å². The summed E-state index contributed by atoms with van der Waals surface area (Å²) in [6.07, 6.45) is -0.634. The maximum absolute atomic E-state index is 12.2. The van der Waals surface area contributed by atoms with Gasteiger partial charge in [0.15, 0.2) is 5.78 Å². The van der Waals surface area contributed by atoms with Crippen molar-refractivity contribution in [3.63, 3.8) is 0 Å². The van der Waals surface area contributed by atoms with Crippen LogP contribution in [0, 0.1) is 0 Å². The van der Waals surface area contributed by atoms with Crippen LogP contribution >= 0.6 is 0 Å². The van der Waals surface area contributed by atoms with Crippen LogP contribution in [0.15, 0.2) is 28.4 Å². The molecule has 0 aliphatic heterocycles. The standard InChI is InChI=1S/C14H14N6O4/c1-2-24-14(23)13(22)6-12(21)11-4-9(7-17-19-15)3-10(5-11)8-18-20-16/h3-5H,2,6-8H2,1H3. The number of esters is 1. The number of azide groups is 2. The van der Waals surface area contributed by atoms with Crippen molar-refractivity contribution in [2.75, 3.05) is 6.61 Å². The van der Waals surface area contributed by atoms with Crippen LogP contribution in [-0.4, -0.2) is 24.1 Å². The molecule has 10 nitrogen and oxygen atoms in total. The summed E-state index contributed by atoms with van der Waals surface area (Å²) in [5, 5.41) is 6.80. The molecule has 0 spiro atoms. The number of nitrogens with zero attached hydrogens (tertiary/aromatic N) is 6. The van der Waals surface area contributed by atoms with Crippen LogP contribution in [0.4, 0.5) is 0 Å². The zero-order valence-electron chi connectivity index (χ0n) is 12.9. The van der Waals surface area contributed by atoms with Crippen molar-refractivity contribution >= 4 is 17.5 Å². The first-order valence-electron chi connectivity index (χ1n) is 6.89. The Hall–Kier alpha value is -3.35. The molecule has 0 saturated carbocycles. The molecule has 0 aliphatic carbocycles. The molecule has 10 heteroatoms. The number of carbonyl (C=O) groups excluding carboxylic acids is 3. The van der Waals surface area contributed by atoms with Crippen LogP contribution in [0.3, 0.4) is 0 Å². The second-order valence-electron chi connectivity index (χ2n) is 4.56. The predicted octanol–water partition coefficient (Wildman–Crippen LogP) is 3.01. The van der Waals surface area contributed by atoms with Gasteiger partial charge in [-0.3, -0.25) is 9.59 Å². The molecule has 0 N–H and O–H groups in total. The monoisotopic (exact) mass is 330 g/mol. The van der Waals surface area contributed by atoms with Crippen molar-refractivity contribution in [2.24, 2.45) is 10.2 Å². The molecule has 0 aromatic heterocycles. The molecule has 1 rings (SSSR count). The summed E-state index contributed by atoms with van der Waals surface area (Å²) in [6.45, 7) is 1.57. The lowest BCUT2D eigenvalue weighted by atomic mass is 10.00. The molecule has 0 fully saturated rings. The SMILES string of the molecule is CCOC(=O)C(=O)CC(=O)c1cc(CN=[N+]=[N-])cc(CN=[N+]=[N-])c1. The Morgan fingerprint density at radius 3 is 2.04 bits per heavy atom. The number of rotatable bonds is 9. The average Bonchev–Trinajstić information content (AvgIpc) is 2.58. The highest BCUT2D eigenvalue weighted by molar-refractivity contribution is 6.38. The third-order valence-electron chi connectivity index (χ3n) is 2.83. The predicted molar refractivity (Wildman–Crippen MR) is 82.7 cm³/mol. The van der Waals surface area contributed by atoms with Gasteiger partial charge in [-0.1, -0.05) is 16.3 Å². The van der Waals surface area contributed by atoms with E-state index in [4.69, 9.17) is 11.1 Å². The Morgan fingerprint density at radius 1 is 1.04 bits per heavy atom. The molecule has 1 aromatic carbocycles. The number of hydrogen-bond acceptors (Lipinski definition) is 6. The summed E-state index contributed by atoms with van der Waals surface area (Å²) < 4.78 is 4.54. The van der Waals surface area contributed by atoms with Crippen molar-refractivity contribution in [3.05, 3.63) is 55.8 Å². The summed E-state index contributed by atoms with van der Waals surface area (Å²) in [4.78, 5) is 40.3. The van der Waals surface area contributed by atoms with E-state index in [1.165, 1.54) is 12.1 Å². The van der Waals surface area contributed by atoms with Gasteiger partial charge in [0, 0.05) is 15.4 Å². The largest absolute Gasteiger partial charge is 0.460 e. The zero-order chi connectivity index (χ0) is 17.9. The molecule has 0 radical (unpaired) electrons. The average molecular weight is 330 g/mol. The normalized spacial score (nSPS) is 9.38. The molecular weight excluding hydrogens is 316 g/mol. The van der Waals surface area contributed by atoms with E-state index < -0.39 is 24.0 Å². The summed E-state index contributed by atoms with van der Waals surface area (Å²) in [6, 6.07) is 4.53. The number of benzene rings is 1. The Balaban J connectivity index is 3.04. The number of hydrogen-bond donors (Lipinski definition) is 0. The van der Waals surface area contributed by atoms with E-state index in [1.807, 2.05) is 0 Å². The van der Waals surface area contributed by atoms with Crippen LogP contribution in [-0.2, 0) is 27.4 Å². The molecule has 0 aliphatic rings. The van der Waals surface area contributed by atoms with E-state index >= 15 is 0 Å². The van der Waals surface area contributed by atoms with Gasteiger partial charge in [-0.15, -0.1) is 0 Å². The van der Waals surface area contributed by atoms with Gasteiger partial charge in [0.2, 0.25) is 5.78 Å². The molecular formula is C14H14N6O4. The van der Waals surface area contributed by atoms with Crippen molar-refractivity contribution in [1.82, 2.24) is 0 Å². The van der Waals surface area contributed by atoms with E-state index in [9.17, 15) is 14.4 Å². The number of ketones is 2. The van der Waals surface area contributed by atoms with Gasteiger partial charge in [-0.25, -0.2) is 4.79 Å². The summed E-state index contributed by atoms with van der Waals surface area (Å²) >= 11 is 0. The molecule has 0 atom stereocenters. The molecule has 0 saturated heterocycles. The topological polar surface area (TPSA) is 158 Å². The van der Waals surface area contributed by atoms with Gasteiger partial charge in [0.05, 0.1) is 26.1 Å². The minimum Gasteiger partial charge on any atom is -0.460 e. The third kappa shape index (κ3) is 5.80. The Bertz CT molecular complexity index is 709. The fourth-order valence-electron chi connectivity index (χ4n) is 1.86. The minimum absolute atomic E-state index is 0.00723. The van der Waals surface area contributed by atoms with Crippen molar-refractivity contribution in [2.45, 2.75) is 26.4 Å². The number of ether oxygens (including phenoxy) is 1. The molecule has 0 amide bonds. The summed E-state index contributed by atoms with van der Waals surface area (Å²) in [7, 11) is 0. The highest BCUT2D eigenvalue weighted by Gasteiger charge is 2.20. The Kier molecular flexibility index (Phi) is 7.50. The van der Waals surface area contributed by atoms with Crippen LogP contribution in [0.5, 0.6) is 0 Å². The molecule has 24 heavy (non-hydrogen) atoms. The second kappa shape index (κ2) is 9.62. The zero-order valence-corrected chi connectivity index (χ0v) is 12.9. The number of Topliss-reactive ketones (excluding diaryl/α,β-unsaturated/α-hetero) is 2. The fraction of sp³-hybridized carbons (Fsp3) is 0.357. The van der Waals surface area contributed by atoms with Crippen LogP contribution < -0.4 is 0 Å². The lowest BCUT2D eigenvalue weighted by molar-refractivity contribution is -0.153. The van der Waals surface area contributed by atoms with Gasteiger partial charge in [-0.05, 0) is 41.2 Å². The quantitative estimate of drug-likeness (QED) is 0.129. The molecule has 124 valence electrons. The van der Waals surface area contributed by atoms with Crippen molar-refractivity contribution < 1.29 is 19.1 Å². The van der Waals surface area contributed by atoms with Crippen molar-refractivity contribution in [1.29, 1.82) is 0 Å². The molecule has 0 unspecified atom stereocenters. The van der Waals surface area contributed by atoms with E-state index in [-0.39, 0.29) is 25.3 Å². The van der Waals surface area contributed by atoms with Gasteiger partial charge in [-0.2, -0.15) is 0 Å². The Labute approximate surface area is 136 Å².